The maximum atomic E-state index is 11.3. The Balaban J connectivity index is 2.22. The summed E-state index contributed by atoms with van der Waals surface area (Å²) in [4.78, 5) is 13.1. The lowest BCUT2D eigenvalue weighted by Gasteiger charge is -2.34. The van der Waals surface area contributed by atoms with E-state index in [9.17, 15) is 4.79 Å². The van der Waals surface area contributed by atoms with Gasteiger partial charge in [-0.25, -0.2) is 4.79 Å². The van der Waals surface area contributed by atoms with Gasteiger partial charge in [-0.05, 0) is 24.8 Å². The third-order valence-corrected chi connectivity index (χ3v) is 2.97. The molecule has 3 nitrogen and oxygen atoms in total. The zero-order valence-electron chi connectivity index (χ0n) is 8.73. The fourth-order valence-corrected chi connectivity index (χ4v) is 2.22. The number of benzene rings is 1. The fraction of sp³-hybridized carbons (Fsp3) is 0.417. The second kappa shape index (κ2) is 4.34. The van der Waals surface area contributed by atoms with Crippen LogP contribution in [0.15, 0.2) is 30.3 Å². The molecule has 0 spiro atoms. The Kier molecular flexibility index (Phi) is 2.90. The van der Waals surface area contributed by atoms with E-state index in [1.54, 1.807) is 4.90 Å². The molecule has 1 atom stereocenters. The lowest BCUT2D eigenvalue weighted by molar-refractivity contribution is 0.160. The van der Waals surface area contributed by atoms with Crippen LogP contribution in [0.25, 0.3) is 0 Å². The Bertz CT molecular complexity index is 337. The molecule has 1 aliphatic rings. The van der Waals surface area contributed by atoms with E-state index in [0.717, 1.165) is 19.4 Å². The van der Waals surface area contributed by atoms with Gasteiger partial charge in [0.2, 0.25) is 0 Å². The smallest absolute Gasteiger partial charge is 0.315 e. The van der Waals surface area contributed by atoms with Gasteiger partial charge in [-0.2, -0.15) is 0 Å². The van der Waals surface area contributed by atoms with Crippen molar-refractivity contribution in [2.24, 2.45) is 5.73 Å². The van der Waals surface area contributed by atoms with E-state index in [2.05, 4.69) is 12.1 Å². The first-order valence-electron chi connectivity index (χ1n) is 5.40. The van der Waals surface area contributed by atoms with E-state index < -0.39 is 0 Å². The molecular weight excluding hydrogens is 188 g/mol. The fourth-order valence-electron chi connectivity index (χ4n) is 2.22. The van der Waals surface area contributed by atoms with E-state index in [0.29, 0.717) is 0 Å². The molecule has 0 bridgehead atoms. The maximum Gasteiger partial charge on any atom is 0.315 e. The van der Waals surface area contributed by atoms with Crippen molar-refractivity contribution in [1.82, 2.24) is 4.90 Å². The summed E-state index contributed by atoms with van der Waals surface area (Å²) in [5.74, 6) is 0. The highest BCUT2D eigenvalue weighted by molar-refractivity contribution is 5.72. The SMILES string of the molecule is NC(=O)N1CCCCC1c1ccccc1. The van der Waals surface area contributed by atoms with E-state index in [1.165, 1.54) is 12.0 Å². The van der Waals surface area contributed by atoms with E-state index in [4.69, 9.17) is 5.73 Å². The maximum absolute atomic E-state index is 11.3. The van der Waals surface area contributed by atoms with Crippen molar-refractivity contribution in [2.45, 2.75) is 25.3 Å². The van der Waals surface area contributed by atoms with E-state index in [-0.39, 0.29) is 12.1 Å². The Morgan fingerprint density at radius 2 is 2.00 bits per heavy atom. The van der Waals surface area contributed by atoms with Crippen LogP contribution in [0, 0.1) is 0 Å². The molecule has 1 saturated heterocycles. The van der Waals surface area contributed by atoms with Crippen molar-refractivity contribution < 1.29 is 4.79 Å². The highest BCUT2D eigenvalue weighted by atomic mass is 16.2. The predicted molar refractivity (Wildman–Crippen MR) is 59.3 cm³/mol. The molecule has 0 aliphatic carbocycles. The minimum absolute atomic E-state index is 0.178. The highest BCUT2D eigenvalue weighted by Crippen LogP contribution is 2.30. The molecule has 0 saturated carbocycles. The van der Waals surface area contributed by atoms with Gasteiger partial charge in [-0.15, -0.1) is 0 Å². The summed E-state index contributed by atoms with van der Waals surface area (Å²) in [5.41, 5.74) is 6.57. The molecular formula is C12H16N2O. The largest absolute Gasteiger partial charge is 0.351 e. The van der Waals surface area contributed by atoms with Gasteiger partial charge in [-0.1, -0.05) is 30.3 Å². The first kappa shape index (κ1) is 10.0. The molecule has 2 N–H and O–H groups in total. The van der Waals surface area contributed by atoms with Crippen LogP contribution in [-0.4, -0.2) is 17.5 Å². The lowest BCUT2D eigenvalue weighted by Crippen LogP contribution is -2.41. The lowest BCUT2D eigenvalue weighted by atomic mass is 9.96. The molecule has 1 heterocycles. The summed E-state index contributed by atoms with van der Waals surface area (Å²) in [5, 5.41) is 0. The van der Waals surface area contributed by atoms with Gasteiger partial charge in [0.05, 0.1) is 6.04 Å². The van der Waals surface area contributed by atoms with Crippen LogP contribution >= 0.6 is 0 Å². The van der Waals surface area contributed by atoms with Crippen LogP contribution in [-0.2, 0) is 0 Å². The van der Waals surface area contributed by atoms with E-state index in [1.807, 2.05) is 18.2 Å². The molecule has 1 aliphatic heterocycles. The van der Waals surface area contributed by atoms with Crippen molar-refractivity contribution in [3.05, 3.63) is 35.9 Å². The van der Waals surface area contributed by atoms with Crippen molar-refractivity contribution in [3.63, 3.8) is 0 Å². The third-order valence-electron chi connectivity index (χ3n) is 2.97. The second-order valence-corrected chi connectivity index (χ2v) is 3.95. The highest BCUT2D eigenvalue weighted by Gasteiger charge is 2.25. The Labute approximate surface area is 89.9 Å². The molecule has 2 rings (SSSR count). The molecule has 1 unspecified atom stereocenters. The second-order valence-electron chi connectivity index (χ2n) is 3.95. The van der Waals surface area contributed by atoms with Gasteiger partial charge < -0.3 is 10.6 Å². The Hall–Kier alpha value is -1.51. The van der Waals surface area contributed by atoms with Crippen LogP contribution < -0.4 is 5.73 Å². The van der Waals surface area contributed by atoms with Crippen molar-refractivity contribution in [3.8, 4) is 0 Å². The van der Waals surface area contributed by atoms with E-state index >= 15 is 0 Å². The summed E-state index contributed by atoms with van der Waals surface area (Å²) < 4.78 is 0. The number of carbonyl (C=O) groups excluding carboxylic acids is 1. The number of likely N-dealkylation sites (tertiary alicyclic amines) is 1. The summed E-state index contributed by atoms with van der Waals surface area (Å²) >= 11 is 0. The number of piperidine rings is 1. The van der Waals surface area contributed by atoms with Gasteiger partial charge in [0.15, 0.2) is 0 Å². The summed E-state index contributed by atoms with van der Waals surface area (Å²) in [6.45, 7) is 0.787. The molecule has 3 heteroatoms. The number of urea groups is 1. The topological polar surface area (TPSA) is 46.3 Å². The van der Waals surface area contributed by atoms with Gasteiger partial charge in [0.25, 0.3) is 0 Å². The molecule has 80 valence electrons. The third kappa shape index (κ3) is 2.12. The van der Waals surface area contributed by atoms with Crippen molar-refractivity contribution in [1.29, 1.82) is 0 Å². The number of amides is 2. The molecule has 0 aromatic heterocycles. The molecule has 15 heavy (non-hydrogen) atoms. The number of nitrogens with zero attached hydrogens (tertiary/aromatic N) is 1. The Morgan fingerprint density at radius 1 is 1.27 bits per heavy atom. The normalized spacial score (nSPS) is 21.3. The predicted octanol–water partition coefficient (Wildman–Crippen LogP) is 2.29. The van der Waals surface area contributed by atoms with Gasteiger partial charge in [-0.3, -0.25) is 0 Å². The van der Waals surface area contributed by atoms with Gasteiger partial charge in [0.1, 0.15) is 0 Å². The van der Waals surface area contributed by atoms with Crippen molar-refractivity contribution >= 4 is 6.03 Å². The molecule has 1 aromatic rings. The average Bonchev–Trinajstić information content (AvgIpc) is 2.30. The standard InChI is InChI=1S/C12H16N2O/c13-12(15)14-9-5-4-8-11(14)10-6-2-1-3-7-10/h1-3,6-7,11H,4-5,8-9H2,(H2,13,15). The first-order chi connectivity index (χ1) is 7.29. The first-order valence-corrected chi connectivity index (χ1v) is 5.40. The van der Waals surface area contributed by atoms with Gasteiger partial charge in [0, 0.05) is 6.54 Å². The number of carbonyl (C=O) groups is 1. The quantitative estimate of drug-likeness (QED) is 0.749. The van der Waals surface area contributed by atoms with Crippen LogP contribution in [0.3, 0.4) is 0 Å². The molecule has 1 aromatic carbocycles. The number of nitrogens with two attached hydrogens (primary N) is 1. The average molecular weight is 204 g/mol. The van der Waals surface area contributed by atoms with Crippen LogP contribution in [0.5, 0.6) is 0 Å². The Morgan fingerprint density at radius 3 is 2.67 bits per heavy atom. The van der Waals surface area contributed by atoms with Crippen LogP contribution in [0.4, 0.5) is 4.79 Å². The minimum atomic E-state index is -0.302. The molecule has 1 fully saturated rings. The van der Waals surface area contributed by atoms with Crippen molar-refractivity contribution in [2.75, 3.05) is 6.54 Å². The molecule has 2 amide bonds. The monoisotopic (exact) mass is 204 g/mol. The number of primary amides is 1. The minimum Gasteiger partial charge on any atom is -0.351 e. The van der Waals surface area contributed by atoms with Crippen LogP contribution in [0.2, 0.25) is 0 Å². The molecule has 0 radical (unpaired) electrons. The number of hydrogen-bond acceptors (Lipinski definition) is 1. The van der Waals surface area contributed by atoms with Gasteiger partial charge >= 0.3 is 6.03 Å². The summed E-state index contributed by atoms with van der Waals surface area (Å²) in [7, 11) is 0. The van der Waals surface area contributed by atoms with Crippen LogP contribution in [0.1, 0.15) is 30.9 Å². The summed E-state index contributed by atoms with van der Waals surface area (Å²) in [6, 6.07) is 9.99. The zero-order valence-corrected chi connectivity index (χ0v) is 8.73. The zero-order chi connectivity index (χ0) is 10.7. The summed E-state index contributed by atoms with van der Waals surface area (Å²) in [6.07, 6.45) is 3.25. The number of rotatable bonds is 1. The number of hydrogen-bond donors (Lipinski definition) is 1.